The smallest absolute Gasteiger partial charge is 0.162 e. The Hall–Kier alpha value is -1.70. The minimum atomic E-state index is 0.363. The van der Waals surface area contributed by atoms with E-state index in [1.165, 1.54) is 12.0 Å². The molecule has 114 valence electrons. The average Bonchev–Trinajstić information content (AvgIpc) is 3.02. The number of hydrogen-bond donors (Lipinski definition) is 1. The van der Waals surface area contributed by atoms with Crippen LogP contribution in [0.2, 0.25) is 0 Å². The maximum atomic E-state index is 5.59. The number of ether oxygens (including phenoxy) is 3. The Morgan fingerprint density at radius 2 is 2.29 bits per heavy atom. The van der Waals surface area contributed by atoms with Crippen molar-refractivity contribution in [1.29, 1.82) is 0 Å². The summed E-state index contributed by atoms with van der Waals surface area (Å²) in [4.78, 5) is 0. The summed E-state index contributed by atoms with van der Waals surface area (Å²) in [6, 6.07) is 5.97. The first-order valence-corrected chi connectivity index (χ1v) is 7.35. The van der Waals surface area contributed by atoms with Gasteiger partial charge in [0.1, 0.15) is 6.61 Å². The zero-order valence-corrected chi connectivity index (χ0v) is 12.8. The number of benzene rings is 1. The summed E-state index contributed by atoms with van der Waals surface area (Å²) in [7, 11) is 1.65. The Labute approximate surface area is 126 Å². The van der Waals surface area contributed by atoms with Crippen LogP contribution in [-0.2, 0) is 11.3 Å². The van der Waals surface area contributed by atoms with Gasteiger partial charge in [0.15, 0.2) is 11.5 Å². The van der Waals surface area contributed by atoms with Gasteiger partial charge in [-0.25, -0.2) is 0 Å². The standard InChI is InChI=1S/C17H23NO3/c1-3-4-9-21-16-8-7-14(11-17(16)19-2)12-18-13-15-6-5-10-20-15/h7-8,11,15,18H,5-6,9-10,12-13H2,1-2H3/t15-/m0/s1. The van der Waals surface area contributed by atoms with E-state index in [9.17, 15) is 0 Å². The number of nitrogens with one attached hydrogen (secondary N) is 1. The highest BCUT2D eigenvalue weighted by Crippen LogP contribution is 2.28. The van der Waals surface area contributed by atoms with Crippen LogP contribution < -0.4 is 14.8 Å². The molecular weight excluding hydrogens is 266 g/mol. The molecule has 21 heavy (non-hydrogen) atoms. The molecule has 0 saturated carbocycles. The SMILES string of the molecule is CC#CCOc1ccc(CNC[C@@H]2CCCO2)cc1OC. The van der Waals surface area contributed by atoms with E-state index in [1.807, 2.05) is 18.2 Å². The number of hydrogen-bond acceptors (Lipinski definition) is 4. The third kappa shape index (κ3) is 4.96. The third-order valence-electron chi connectivity index (χ3n) is 3.43. The molecule has 1 fully saturated rings. The molecule has 0 unspecified atom stereocenters. The molecule has 1 saturated heterocycles. The molecule has 4 heteroatoms. The van der Waals surface area contributed by atoms with Gasteiger partial charge in [0.2, 0.25) is 0 Å². The highest BCUT2D eigenvalue weighted by molar-refractivity contribution is 5.43. The van der Waals surface area contributed by atoms with Gasteiger partial charge in [0.05, 0.1) is 13.2 Å². The van der Waals surface area contributed by atoms with E-state index in [4.69, 9.17) is 14.2 Å². The molecule has 1 heterocycles. The zero-order valence-electron chi connectivity index (χ0n) is 12.8. The first-order chi connectivity index (χ1) is 10.3. The van der Waals surface area contributed by atoms with Crippen LogP contribution in [0.15, 0.2) is 18.2 Å². The Bertz CT molecular complexity index is 498. The summed E-state index contributed by atoms with van der Waals surface area (Å²) in [5.41, 5.74) is 1.17. The first-order valence-electron chi connectivity index (χ1n) is 7.35. The van der Waals surface area contributed by atoms with Crippen LogP contribution in [-0.4, -0.2) is 33.0 Å². The summed E-state index contributed by atoms with van der Waals surface area (Å²) in [6.07, 6.45) is 2.69. The van der Waals surface area contributed by atoms with E-state index in [2.05, 4.69) is 17.2 Å². The van der Waals surface area contributed by atoms with Gasteiger partial charge < -0.3 is 19.5 Å². The lowest BCUT2D eigenvalue weighted by Crippen LogP contribution is -2.25. The molecule has 0 bridgehead atoms. The Balaban J connectivity index is 1.86. The topological polar surface area (TPSA) is 39.7 Å². The lowest BCUT2D eigenvalue weighted by atomic mass is 10.2. The maximum Gasteiger partial charge on any atom is 0.162 e. The molecule has 0 amide bonds. The molecule has 0 aliphatic carbocycles. The van der Waals surface area contributed by atoms with Crippen LogP contribution in [0.3, 0.4) is 0 Å². The molecule has 0 radical (unpaired) electrons. The molecule has 2 rings (SSSR count). The van der Waals surface area contributed by atoms with E-state index in [0.29, 0.717) is 12.7 Å². The predicted octanol–water partition coefficient (Wildman–Crippen LogP) is 2.37. The van der Waals surface area contributed by atoms with Gasteiger partial charge >= 0.3 is 0 Å². The molecule has 1 atom stereocenters. The molecule has 0 aromatic heterocycles. The van der Waals surface area contributed by atoms with Crippen molar-refractivity contribution in [1.82, 2.24) is 5.32 Å². The highest BCUT2D eigenvalue weighted by atomic mass is 16.5. The molecule has 4 nitrogen and oxygen atoms in total. The molecule has 1 aliphatic heterocycles. The van der Waals surface area contributed by atoms with Crippen molar-refractivity contribution in [3.8, 4) is 23.3 Å². The Morgan fingerprint density at radius 1 is 1.38 bits per heavy atom. The second-order valence-corrected chi connectivity index (χ2v) is 4.97. The van der Waals surface area contributed by atoms with Crippen molar-refractivity contribution in [3.63, 3.8) is 0 Å². The molecule has 1 N–H and O–H groups in total. The highest BCUT2D eigenvalue weighted by Gasteiger charge is 2.14. The van der Waals surface area contributed by atoms with Gasteiger partial charge in [-0.1, -0.05) is 12.0 Å². The summed E-state index contributed by atoms with van der Waals surface area (Å²) < 4.78 is 16.5. The van der Waals surface area contributed by atoms with Crippen molar-refractivity contribution in [2.24, 2.45) is 0 Å². The zero-order chi connectivity index (χ0) is 14.9. The maximum absolute atomic E-state index is 5.59. The molecular formula is C17H23NO3. The second-order valence-electron chi connectivity index (χ2n) is 4.97. The number of methoxy groups -OCH3 is 1. The van der Waals surface area contributed by atoms with Crippen molar-refractivity contribution in [2.75, 3.05) is 26.9 Å². The first kappa shape index (κ1) is 15.7. The second kappa shape index (κ2) is 8.56. The summed E-state index contributed by atoms with van der Waals surface area (Å²) >= 11 is 0. The van der Waals surface area contributed by atoms with Crippen LogP contribution in [0, 0.1) is 11.8 Å². The minimum Gasteiger partial charge on any atom is -0.493 e. The largest absolute Gasteiger partial charge is 0.493 e. The third-order valence-corrected chi connectivity index (χ3v) is 3.43. The van der Waals surface area contributed by atoms with Crippen LogP contribution in [0.25, 0.3) is 0 Å². The minimum absolute atomic E-state index is 0.363. The Morgan fingerprint density at radius 3 is 3.00 bits per heavy atom. The fourth-order valence-corrected chi connectivity index (χ4v) is 2.31. The van der Waals surface area contributed by atoms with E-state index < -0.39 is 0 Å². The summed E-state index contributed by atoms with van der Waals surface area (Å²) in [6.45, 7) is 4.76. The van der Waals surface area contributed by atoms with Gasteiger partial charge in [-0.3, -0.25) is 0 Å². The van der Waals surface area contributed by atoms with Gasteiger partial charge in [-0.15, -0.1) is 5.92 Å². The van der Waals surface area contributed by atoms with Crippen molar-refractivity contribution < 1.29 is 14.2 Å². The van der Waals surface area contributed by atoms with Gasteiger partial charge in [0.25, 0.3) is 0 Å². The monoisotopic (exact) mass is 289 g/mol. The van der Waals surface area contributed by atoms with Crippen LogP contribution in [0.4, 0.5) is 0 Å². The fourth-order valence-electron chi connectivity index (χ4n) is 2.31. The lowest BCUT2D eigenvalue weighted by Gasteiger charge is -2.13. The summed E-state index contributed by atoms with van der Waals surface area (Å²) in [5, 5.41) is 3.42. The summed E-state index contributed by atoms with van der Waals surface area (Å²) in [5.74, 6) is 7.14. The van der Waals surface area contributed by atoms with Crippen LogP contribution in [0.5, 0.6) is 11.5 Å². The van der Waals surface area contributed by atoms with E-state index in [0.717, 1.165) is 37.6 Å². The fraction of sp³-hybridized carbons (Fsp3) is 0.529. The van der Waals surface area contributed by atoms with Crippen molar-refractivity contribution in [3.05, 3.63) is 23.8 Å². The van der Waals surface area contributed by atoms with Crippen LogP contribution >= 0.6 is 0 Å². The Kier molecular flexibility index (Phi) is 6.39. The average molecular weight is 289 g/mol. The molecule has 1 aliphatic rings. The van der Waals surface area contributed by atoms with Crippen LogP contribution in [0.1, 0.15) is 25.3 Å². The van der Waals surface area contributed by atoms with E-state index in [1.54, 1.807) is 14.0 Å². The molecule has 1 aromatic rings. The normalized spacial score (nSPS) is 17.1. The quantitative estimate of drug-likeness (QED) is 0.782. The van der Waals surface area contributed by atoms with Gasteiger partial charge in [-0.2, -0.15) is 0 Å². The van der Waals surface area contributed by atoms with E-state index >= 15 is 0 Å². The van der Waals surface area contributed by atoms with Gasteiger partial charge in [-0.05, 0) is 37.5 Å². The van der Waals surface area contributed by atoms with E-state index in [-0.39, 0.29) is 0 Å². The molecule has 0 spiro atoms. The predicted molar refractivity (Wildman–Crippen MR) is 82.6 cm³/mol. The van der Waals surface area contributed by atoms with Crippen molar-refractivity contribution >= 4 is 0 Å². The number of rotatable bonds is 7. The molecule has 1 aromatic carbocycles. The lowest BCUT2D eigenvalue weighted by molar-refractivity contribution is 0.110. The van der Waals surface area contributed by atoms with Crippen molar-refractivity contribution in [2.45, 2.75) is 32.4 Å². The van der Waals surface area contributed by atoms with Gasteiger partial charge in [0, 0.05) is 19.7 Å².